The van der Waals surface area contributed by atoms with Gasteiger partial charge >= 0.3 is 0 Å². The number of hydrogen-bond donors (Lipinski definition) is 1. The largest absolute Gasteiger partial charge is 0.361 e. The van der Waals surface area contributed by atoms with Crippen molar-refractivity contribution in [1.29, 1.82) is 0 Å². The van der Waals surface area contributed by atoms with Gasteiger partial charge in [0.25, 0.3) is 0 Å². The number of sulfonamides is 1. The molecule has 0 aliphatic heterocycles. The van der Waals surface area contributed by atoms with Crippen LogP contribution in [0.1, 0.15) is 31.7 Å². The molecule has 110 valence electrons. The number of aromatic nitrogens is 1. The van der Waals surface area contributed by atoms with Gasteiger partial charge in [-0.15, -0.1) is 0 Å². The molecule has 1 heterocycles. The zero-order valence-corrected chi connectivity index (χ0v) is 12.8. The minimum atomic E-state index is -3.14. The highest BCUT2D eigenvalue weighted by atomic mass is 32.2. The highest BCUT2D eigenvalue weighted by Gasteiger charge is 2.15. The van der Waals surface area contributed by atoms with Crippen molar-refractivity contribution in [3.63, 3.8) is 0 Å². The normalized spacial score (nSPS) is 13.9. The van der Waals surface area contributed by atoms with E-state index in [1.807, 2.05) is 38.8 Å². The van der Waals surface area contributed by atoms with Crippen molar-refractivity contribution in [2.75, 3.05) is 19.3 Å². The Morgan fingerprint density at radius 3 is 2.74 bits per heavy atom. The zero-order chi connectivity index (χ0) is 14.5. The molecule has 0 saturated carbocycles. The Bertz CT molecular complexity index is 484. The molecule has 1 aromatic heterocycles. The molecule has 0 aliphatic carbocycles. The SMILES string of the molecule is CCCS(=O)(=O)NC[C@@H](C)N(C)Cc1cc(C)on1. The molecule has 0 aromatic carbocycles. The van der Waals surface area contributed by atoms with Gasteiger partial charge in [-0.25, -0.2) is 13.1 Å². The lowest BCUT2D eigenvalue weighted by Crippen LogP contribution is -2.40. The smallest absolute Gasteiger partial charge is 0.211 e. The number of nitrogens with zero attached hydrogens (tertiary/aromatic N) is 2. The zero-order valence-electron chi connectivity index (χ0n) is 12.0. The second-order valence-corrected chi connectivity index (χ2v) is 6.79. The van der Waals surface area contributed by atoms with E-state index in [-0.39, 0.29) is 11.8 Å². The van der Waals surface area contributed by atoms with E-state index < -0.39 is 10.0 Å². The van der Waals surface area contributed by atoms with Gasteiger partial charge in [0.05, 0.1) is 11.4 Å². The van der Waals surface area contributed by atoms with Crippen LogP contribution in [0.4, 0.5) is 0 Å². The summed E-state index contributed by atoms with van der Waals surface area (Å²) in [6.07, 6.45) is 0.623. The molecule has 0 saturated heterocycles. The van der Waals surface area contributed by atoms with E-state index >= 15 is 0 Å². The van der Waals surface area contributed by atoms with Crippen molar-refractivity contribution in [1.82, 2.24) is 14.8 Å². The van der Waals surface area contributed by atoms with Crippen LogP contribution < -0.4 is 4.72 Å². The van der Waals surface area contributed by atoms with Gasteiger partial charge in [0, 0.05) is 25.2 Å². The first kappa shape index (κ1) is 16.1. The minimum Gasteiger partial charge on any atom is -0.361 e. The molecule has 0 bridgehead atoms. The quantitative estimate of drug-likeness (QED) is 0.776. The second kappa shape index (κ2) is 7.02. The van der Waals surface area contributed by atoms with Crippen LogP contribution in [0.2, 0.25) is 0 Å². The van der Waals surface area contributed by atoms with Gasteiger partial charge in [-0.2, -0.15) is 0 Å². The molecule has 0 fully saturated rings. The second-order valence-electron chi connectivity index (χ2n) is 4.86. The van der Waals surface area contributed by atoms with Crippen molar-refractivity contribution in [3.05, 3.63) is 17.5 Å². The van der Waals surface area contributed by atoms with Gasteiger partial charge in [0.2, 0.25) is 10.0 Å². The Labute approximate surface area is 115 Å². The lowest BCUT2D eigenvalue weighted by atomic mass is 10.3. The fourth-order valence-electron chi connectivity index (χ4n) is 1.65. The van der Waals surface area contributed by atoms with E-state index in [4.69, 9.17) is 4.52 Å². The van der Waals surface area contributed by atoms with E-state index in [1.54, 1.807) is 0 Å². The third kappa shape index (κ3) is 5.71. The first-order valence-corrected chi connectivity index (χ1v) is 8.09. The molecule has 0 unspecified atom stereocenters. The molecule has 6 nitrogen and oxygen atoms in total. The fraction of sp³-hybridized carbons (Fsp3) is 0.750. The van der Waals surface area contributed by atoms with Crippen LogP contribution in [0.3, 0.4) is 0 Å². The topological polar surface area (TPSA) is 75.4 Å². The van der Waals surface area contributed by atoms with Gasteiger partial charge in [-0.05, 0) is 27.3 Å². The Balaban J connectivity index is 2.42. The Hall–Kier alpha value is -0.920. The van der Waals surface area contributed by atoms with Crippen molar-refractivity contribution in [3.8, 4) is 0 Å². The van der Waals surface area contributed by atoms with E-state index in [9.17, 15) is 8.42 Å². The summed E-state index contributed by atoms with van der Waals surface area (Å²) < 4.78 is 30.7. The van der Waals surface area contributed by atoms with Crippen LogP contribution in [0.15, 0.2) is 10.6 Å². The van der Waals surface area contributed by atoms with Crippen LogP contribution in [0.5, 0.6) is 0 Å². The molecule has 1 aromatic rings. The third-order valence-electron chi connectivity index (χ3n) is 2.91. The molecule has 0 spiro atoms. The summed E-state index contributed by atoms with van der Waals surface area (Å²) in [5, 5.41) is 3.92. The summed E-state index contributed by atoms with van der Waals surface area (Å²) in [7, 11) is -1.21. The molecule has 1 N–H and O–H groups in total. The molecular formula is C12H23N3O3S. The number of aryl methyl sites for hydroxylation is 1. The van der Waals surface area contributed by atoms with Crippen molar-refractivity contribution >= 4 is 10.0 Å². The maximum absolute atomic E-state index is 11.6. The number of hydrogen-bond acceptors (Lipinski definition) is 5. The fourth-order valence-corrected chi connectivity index (χ4v) is 2.83. The minimum absolute atomic E-state index is 0.0867. The first-order chi connectivity index (χ1) is 8.84. The predicted molar refractivity (Wildman–Crippen MR) is 74.2 cm³/mol. The number of likely N-dealkylation sites (N-methyl/N-ethyl adjacent to an activating group) is 1. The van der Waals surface area contributed by atoms with Crippen molar-refractivity contribution < 1.29 is 12.9 Å². The van der Waals surface area contributed by atoms with Crippen LogP contribution in [-0.4, -0.2) is 43.9 Å². The summed E-state index contributed by atoms with van der Waals surface area (Å²) in [6.45, 7) is 6.70. The molecule has 0 aliphatic rings. The standard InChI is InChI=1S/C12H23N3O3S/c1-5-6-19(16,17)13-8-10(2)15(4)9-12-7-11(3)18-14-12/h7,10,13H,5-6,8-9H2,1-4H3/t10-/m1/s1. The molecule has 7 heteroatoms. The van der Waals surface area contributed by atoms with E-state index in [0.29, 0.717) is 19.5 Å². The highest BCUT2D eigenvalue weighted by Crippen LogP contribution is 2.06. The molecule has 1 rings (SSSR count). The maximum Gasteiger partial charge on any atom is 0.211 e. The average molecular weight is 289 g/mol. The molecule has 19 heavy (non-hydrogen) atoms. The Kier molecular flexibility index (Phi) is 5.96. The van der Waals surface area contributed by atoms with Crippen LogP contribution >= 0.6 is 0 Å². The summed E-state index contributed by atoms with van der Waals surface area (Å²) >= 11 is 0. The van der Waals surface area contributed by atoms with Gasteiger partial charge in [-0.1, -0.05) is 12.1 Å². The monoisotopic (exact) mass is 289 g/mol. The van der Waals surface area contributed by atoms with Crippen LogP contribution in [-0.2, 0) is 16.6 Å². The number of nitrogens with one attached hydrogen (secondary N) is 1. The van der Waals surface area contributed by atoms with Gasteiger partial charge in [0.15, 0.2) is 0 Å². The summed E-state index contributed by atoms with van der Waals surface area (Å²) in [5.41, 5.74) is 0.850. The number of rotatable bonds is 8. The van der Waals surface area contributed by atoms with Crippen LogP contribution in [0, 0.1) is 6.92 Å². The van der Waals surface area contributed by atoms with E-state index in [2.05, 4.69) is 9.88 Å². The van der Waals surface area contributed by atoms with Gasteiger partial charge < -0.3 is 4.52 Å². The van der Waals surface area contributed by atoms with E-state index in [0.717, 1.165) is 11.5 Å². The first-order valence-electron chi connectivity index (χ1n) is 6.44. The van der Waals surface area contributed by atoms with E-state index in [1.165, 1.54) is 0 Å². The van der Waals surface area contributed by atoms with Crippen molar-refractivity contribution in [2.24, 2.45) is 0 Å². The lowest BCUT2D eigenvalue weighted by Gasteiger charge is -2.23. The Morgan fingerprint density at radius 1 is 1.53 bits per heavy atom. The average Bonchev–Trinajstić information content (AvgIpc) is 2.71. The molecule has 1 atom stereocenters. The summed E-state index contributed by atoms with van der Waals surface area (Å²) in [4.78, 5) is 2.03. The summed E-state index contributed by atoms with van der Waals surface area (Å²) in [6, 6.07) is 1.97. The Morgan fingerprint density at radius 2 is 2.21 bits per heavy atom. The maximum atomic E-state index is 11.6. The molecule has 0 amide bonds. The molecule has 0 radical (unpaired) electrons. The van der Waals surface area contributed by atoms with Gasteiger partial charge in [0.1, 0.15) is 5.76 Å². The molecular weight excluding hydrogens is 266 g/mol. The van der Waals surface area contributed by atoms with Crippen molar-refractivity contribution in [2.45, 2.75) is 39.8 Å². The predicted octanol–water partition coefficient (Wildman–Crippen LogP) is 1.13. The summed E-state index contributed by atoms with van der Waals surface area (Å²) in [5.74, 6) is 0.950. The lowest BCUT2D eigenvalue weighted by molar-refractivity contribution is 0.242. The van der Waals surface area contributed by atoms with Crippen LogP contribution in [0.25, 0.3) is 0 Å². The highest BCUT2D eigenvalue weighted by molar-refractivity contribution is 7.89. The third-order valence-corrected chi connectivity index (χ3v) is 4.46. The van der Waals surface area contributed by atoms with Gasteiger partial charge in [-0.3, -0.25) is 4.90 Å².